The van der Waals surface area contributed by atoms with Crippen molar-refractivity contribution in [1.29, 1.82) is 0 Å². The largest absolute Gasteiger partial charge is 0.349 e. The van der Waals surface area contributed by atoms with Crippen LogP contribution in [0, 0.1) is 0 Å². The fraction of sp³-hybridized carbons (Fsp3) is 0.333. The summed E-state index contributed by atoms with van der Waals surface area (Å²) >= 11 is 0. The summed E-state index contributed by atoms with van der Waals surface area (Å²) in [6.45, 7) is 0. The SMILES string of the molecule is Cn1c(=O)[nH]c2cc(C(=O)NC3CC3)ccc21. The van der Waals surface area contributed by atoms with E-state index in [2.05, 4.69) is 10.3 Å². The molecule has 0 atom stereocenters. The number of hydrogen-bond acceptors (Lipinski definition) is 2. The molecule has 1 amide bonds. The summed E-state index contributed by atoms with van der Waals surface area (Å²) in [5.74, 6) is -0.0703. The summed E-state index contributed by atoms with van der Waals surface area (Å²) in [6, 6.07) is 5.59. The molecule has 0 saturated heterocycles. The molecule has 0 bridgehead atoms. The molecule has 1 aliphatic rings. The van der Waals surface area contributed by atoms with Gasteiger partial charge in [0.05, 0.1) is 11.0 Å². The lowest BCUT2D eigenvalue weighted by atomic mass is 10.2. The van der Waals surface area contributed by atoms with Gasteiger partial charge in [0, 0.05) is 18.7 Å². The molecular formula is C12H13N3O2. The minimum atomic E-state index is -0.167. The van der Waals surface area contributed by atoms with E-state index in [1.165, 1.54) is 4.57 Å². The van der Waals surface area contributed by atoms with E-state index in [1.54, 1.807) is 25.2 Å². The first kappa shape index (κ1) is 10.1. The van der Waals surface area contributed by atoms with E-state index >= 15 is 0 Å². The topological polar surface area (TPSA) is 66.9 Å². The molecule has 1 aliphatic carbocycles. The van der Waals surface area contributed by atoms with Crippen molar-refractivity contribution >= 4 is 16.9 Å². The molecule has 5 nitrogen and oxygen atoms in total. The van der Waals surface area contributed by atoms with Crippen LogP contribution < -0.4 is 11.0 Å². The molecule has 1 saturated carbocycles. The van der Waals surface area contributed by atoms with Crippen molar-refractivity contribution in [2.24, 2.45) is 7.05 Å². The second-order valence-corrected chi connectivity index (χ2v) is 4.47. The highest BCUT2D eigenvalue weighted by Crippen LogP contribution is 2.20. The zero-order valence-corrected chi connectivity index (χ0v) is 9.49. The van der Waals surface area contributed by atoms with E-state index in [-0.39, 0.29) is 11.6 Å². The number of imidazole rings is 1. The second-order valence-electron chi connectivity index (χ2n) is 4.47. The van der Waals surface area contributed by atoms with Gasteiger partial charge in [-0.3, -0.25) is 9.36 Å². The maximum atomic E-state index is 11.8. The Kier molecular flexibility index (Phi) is 2.07. The number of rotatable bonds is 2. The Bertz CT molecular complexity index is 649. The fourth-order valence-corrected chi connectivity index (χ4v) is 1.87. The van der Waals surface area contributed by atoms with Crippen LogP contribution in [0.4, 0.5) is 0 Å². The van der Waals surface area contributed by atoms with Crippen LogP contribution >= 0.6 is 0 Å². The maximum absolute atomic E-state index is 11.8. The molecule has 1 aromatic heterocycles. The average Bonchev–Trinajstić information content (AvgIpc) is 3.07. The van der Waals surface area contributed by atoms with Crippen LogP contribution in [0.15, 0.2) is 23.0 Å². The molecule has 17 heavy (non-hydrogen) atoms. The third-order valence-electron chi connectivity index (χ3n) is 3.08. The highest BCUT2D eigenvalue weighted by atomic mass is 16.2. The predicted octanol–water partition coefficient (Wildman–Crippen LogP) is 0.759. The monoisotopic (exact) mass is 231 g/mol. The van der Waals surface area contributed by atoms with E-state index < -0.39 is 0 Å². The fourth-order valence-electron chi connectivity index (χ4n) is 1.87. The normalized spacial score (nSPS) is 15.1. The lowest BCUT2D eigenvalue weighted by molar-refractivity contribution is 0.0951. The van der Waals surface area contributed by atoms with Crippen molar-refractivity contribution in [3.8, 4) is 0 Å². The zero-order valence-electron chi connectivity index (χ0n) is 9.49. The van der Waals surface area contributed by atoms with Crippen molar-refractivity contribution in [3.63, 3.8) is 0 Å². The van der Waals surface area contributed by atoms with Crippen LogP contribution in [0.2, 0.25) is 0 Å². The van der Waals surface area contributed by atoms with Crippen molar-refractivity contribution in [3.05, 3.63) is 34.2 Å². The van der Waals surface area contributed by atoms with Gasteiger partial charge in [-0.05, 0) is 31.0 Å². The standard InChI is InChI=1S/C12H13N3O2/c1-15-10-5-2-7(6-9(10)14-12(15)17)11(16)13-8-3-4-8/h2,5-6,8H,3-4H2,1H3,(H,13,16)(H,14,17). The summed E-state index contributed by atoms with van der Waals surface area (Å²) < 4.78 is 1.53. The molecule has 0 aliphatic heterocycles. The summed E-state index contributed by atoms with van der Waals surface area (Å²) in [5, 5.41) is 2.92. The predicted molar refractivity (Wildman–Crippen MR) is 64.0 cm³/mol. The number of nitrogens with zero attached hydrogens (tertiary/aromatic N) is 1. The maximum Gasteiger partial charge on any atom is 0.326 e. The van der Waals surface area contributed by atoms with Gasteiger partial charge in [0.1, 0.15) is 0 Å². The van der Waals surface area contributed by atoms with E-state index in [4.69, 9.17) is 0 Å². The molecule has 88 valence electrons. The molecule has 2 N–H and O–H groups in total. The highest BCUT2D eigenvalue weighted by molar-refractivity contribution is 5.97. The zero-order chi connectivity index (χ0) is 12.0. The van der Waals surface area contributed by atoms with Gasteiger partial charge < -0.3 is 10.3 Å². The highest BCUT2D eigenvalue weighted by Gasteiger charge is 2.23. The molecule has 2 aromatic rings. The second kappa shape index (κ2) is 3.48. The number of nitrogens with one attached hydrogen (secondary N) is 2. The Morgan fingerprint density at radius 1 is 1.47 bits per heavy atom. The number of amides is 1. The number of hydrogen-bond donors (Lipinski definition) is 2. The van der Waals surface area contributed by atoms with Crippen molar-refractivity contribution in [2.75, 3.05) is 0 Å². The van der Waals surface area contributed by atoms with Gasteiger partial charge >= 0.3 is 5.69 Å². The smallest absolute Gasteiger partial charge is 0.326 e. The number of carbonyl (C=O) groups excluding carboxylic acids is 1. The number of aryl methyl sites for hydroxylation is 1. The number of H-pyrrole nitrogens is 1. The van der Waals surface area contributed by atoms with Gasteiger partial charge in [-0.25, -0.2) is 4.79 Å². The Labute approximate surface area is 97.4 Å². The van der Waals surface area contributed by atoms with Crippen LogP contribution in [0.1, 0.15) is 23.2 Å². The Balaban J connectivity index is 2.00. The number of benzene rings is 1. The Morgan fingerprint density at radius 2 is 2.24 bits per heavy atom. The van der Waals surface area contributed by atoms with Gasteiger partial charge in [0.2, 0.25) is 0 Å². The first-order valence-corrected chi connectivity index (χ1v) is 5.65. The summed E-state index contributed by atoms with van der Waals surface area (Å²) in [4.78, 5) is 26.0. The molecule has 0 radical (unpaired) electrons. The lowest BCUT2D eigenvalue weighted by Crippen LogP contribution is -2.25. The quantitative estimate of drug-likeness (QED) is 0.801. The lowest BCUT2D eigenvalue weighted by Gasteiger charge is -2.03. The number of carbonyl (C=O) groups is 1. The summed E-state index contributed by atoms with van der Waals surface area (Å²) in [6.07, 6.45) is 2.13. The van der Waals surface area contributed by atoms with Gasteiger partial charge in [-0.15, -0.1) is 0 Å². The average molecular weight is 231 g/mol. The van der Waals surface area contributed by atoms with E-state index in [1.807, 2.05) is 0 Å². The number of aromatic nitrogens is 2. The third-order valence-corrected chi connectivity index (χ3v) is 3.08. The molecule has 1 aromatic carbocycles. The van der Waals surface area contributed by atoms with Crippen LogP contribution in [-0.2, 0) is 7.05 Å². The van der Waals surface area contributed by atoms with Crippen molar-refractivity contribution in [2.45, 2.75) is 18.9 Å². The number of aromatic amines is 1. The first-order valence-electron chi connectivity index (χ1n) is 5.65. The van der Waals surface area contributed by atoms with Crippen molar-refractivity contribution in [1.82, 2.24) is 14.9 Å². The van der Waals surface area contributed by atoms with Crippen LogP contribution in [-0.4, -0.2) is 21.5 Å². The Hall–Kier alpha value is -2.04. The molecule has 0 unspecified atom stereocenters. The van der Waals surface area contributed by atoms with E-state index in [0.717, 1.165) is 18.4 Å². The summed E-state index contributed by atoms with van der Waals surface area (Å²) in [7, 11) is 1.70. The number of fused-ring (bicyclic) bond motifs is 1. The molecule has 1 heterocycles. The molecule has 0 spiro atoms. The minimum absolute atomic E-state index is 0.0703. The van der Waals surface area contributed by atoms with Gasteiger partial charge in [0.25, 0.3) is 5.91 Å². The van der Waals surface area contributed by atoms with Crippen LogP contribution in [0.5, 0.6) is 0 Å². The van der Waals surface area contributed by atoms with Crippen LogP contribution in [0.3, 0.4) is 0 Å². The summed E-state index contributed by atoms with van der Waals surface area (Å²) in [5.41, 5.74) is 1.92. The van der Waals surface area contributed by atoms with Gasteiger partial charge in [-0.2, -0.15) is 0 Å². The third kappa shape index (κ3) is 1.73. The minimum Gasteiger partial charge on any atom is -0.349 e. The van der Waals surface area contributed by atoms with Gasteiger partial charge in [0.15, 0.2) is 0 Å². The first-order chi connectivity index (χ1) is 8.15. The van der Waals surface area contributed by atoms with Crippen molar-refractivity contribution < 1.29 is 4.79 Å². The van der Waals surface area contributed by atoms with Crippen LogP contribution in [0.25, 0.3) is 11.0 Å². The van der Waals surface area contributed by atoms with E-state index in [0.29, 0.717) is 17.1 Å². The Morgan fingerprint density at radius 3 is 2.94 bits per heavy atom. The van der Waals surface area contributed by atoms with Gasteiger partial charge in [-0.1, -0.05) is 0 Å². The molecule has 3 rings (SSSR count). The molecule has 5 heteroatoms. The van der Waals surface area contributed by atoms with E-state index in [9.17, 15) is 9.59 Å². The molecular weight excluding hydrogens is 218 g/mol. The molecule has 1 fully saturated rings.